The van der Waals surface area contributed by atoms with Gasteiger partial charge in [-0.2, -0.15) is 0 Å². The minimum absolute atomic E-state index is 0.221. The number of amides is 1. The molecule has 0 atom stereocenters. The third kappa shape index (κ3) is 2.81. The summed E-state index contributed by atoms with van der Waals surface area (Å²) in [6, 6.07) is 6.99. The average molecular weight is 265 g/mol. The van der Waals surface area contributed by atoms with E-state index in [1.807, 2.05) is 0 Å². The van der Waals surface area contributed by atoms with Crippen molar-refractivity contribution < 1.29 is 18.0 Å². The van der Waals surface area contributed by atoms with Gasteiger partial charge < -0.3 is 9.32 Å². The second-order valence-electron chi connectivity index (χ2n) is 4.00. The number of hydrogen-bond acceptors (Lipinski definition) is 2. The quantitative estimate of drug-likeness (QED) is 0.850. The third-order valence-electron chi connectivity index (χ3n) is 2.78. The van der Waals surface area contributed by atoms with Gasteiger partial charge in [-0.05, 0) is 31.2 Å². The zero-order valence-electron chi connectivity index (χ0n) is 10.4. The normalized spacial score (nSPS) is 10.5. The van der Waals surface area contributed by atoms with E-state index in [-0.39, 0.29) is 12.1 Å². The first-order valence-electron chi connectivity index (χ1n) is 5.89. The molecule has 1 aromatic carbocycles. The predicted octanol–water partition coefficient (Wildman–Crippen LogP) is 3.22. The van der Waals surface area contributed by atoms with Crippen molar-refractivity contribution in [3.05, 3.63) is 59.6 Å². The van der Waals surface area contributed by atoms with Gasteiger partial charge in [-0.15, -0.1) is 0 Å². The summed E-state index contributed by atoms with van der Waals surface area (Å²) in [7, 11) is 0. The Morgan fingerprint density at radius 2 is 2.05 bits per heavy atom. The van der Waals surface area contributed by atoms with E-state index in [1.165, 1.54) is 23.3 Å². The topological polar surface area (TPSA) is 33.5 Å². The summed E-state index contributed by atoms with van der Waals surface area (Å²) >= 11 is 0. The molecule has 0 fully saturated rings. The number of rotatable bonds is 4. The molecule has 2 aromatic rings. The van der Waals surface area contributed by atoms with E-state index in [0.717, 1.165) is 6.07 Å². The first-order valence-corrected chi connectivity index (χ1v) is 5.89. The molecule has 0 N–H and O–H groups in total. The van der Waals surface area contributed by atoms with Gasteiger partial charge in [0.15, 0.2) is 11.6 Å². The molecule has 19 heavy (non-hydrogen) atoms. The SMILES string of the molecule is CCN(Cc1ccco1)C(=O)c1cccc(F)c1F. The molecule has 0 aliphatic rings. The van der Waals surface area contributed by atoms with Crippen LogP contribution in [0.5, 0.6) is 0 Å². The molecule has 1 amide bonds. The van der Waals surface area contributed by atoms with Gasteiger partial charge in [-0.1, -0.05) is 6.07 Å². The maximum Gasteiger partial charge on any atom is 0.257 e. The summed E-state index contributed by atoms with van der Waals surface area (Å²) in [4.78, 5) is 13.5. The highest BCUT2D eigenvalue weighted by Crippen LogP contribution is 2.15. The van der Waals surface area contributed by atoms with Gasteiger partial charge in [-0.25, -0.2) is 8.78 Å². The van der Waals surface area contributed by atoms with Crippen LogP contribution in [0.15, 0.2) is 41.0 Å². The molecule has 0 radical (unpaired) electrons. The Balaban J connectivity index is 2.23. The van der Waals surface area contributed by atoms with Gasteiger partial charge >= 0.3 is 0 Å². The summed E-state index contributed by atoms with van der Waals surface area (Å²) in [5, 5.41) is 0. The van der Waals surface area contributed by atoms with Crippen molar-refractivity contribution in [1.29, 1.82) is 0 Å². The van der Waals surface area contributed by atoms with Gasteiger partial charge in [0.05, 0.1) is 18.4 Å². The maximum absolute atomic E-state index is 13.6. The summed E-state index contributed by atoms with van der Waals surface area (Å²) < 4.78 is 31.8. The molecule has 100 valence electrons. The molecule has 1 aromatic heterocycles. The van der Waals surface area contributed by atoms with E-state index in [0.29, 0.717) is 12.3 Å². The number of furan rings is 1. The lowest BCUT2D eigenvalue weighted by Gasteiger charge is -2.20. The third-order valence-corrected chi connectivity index (χ3v) is 2.78. The Labute approximate surface area is 109 Å². The number of nitrogens with zero attached hydrogens (tertiary/aromatic N) is 1. The van der Waals surface area contributed by atoms with E-state index in [4.69, 9.17) is 4.42 Å². The maximum atomic E-state index is 13.6. The van der Waals surface area contributed by atoms with Gasteiger partial charge in [-0.3, -0.25) is 4.79 Å². The van der Waals surface area contributed by atoms with Crippen LogP contribution in [-0.4, -0.2) is 17.4 Å². The zero-order valence-corrected chi connectivity index (χ0v) is 10.4. The average Bonchev–Trinajstić information content (AvgIpc) is 2.91. The summed E-state index contributed by atoms with van der Waals surface area (Å²) in [6.07, 6.45) is 1.50. The second kappa shape index (κ2) is 5.65. The molecule has 5 heteroatoms. The Bertz CT molecular complexity index is 567. The van der Waals surface area contributed by atoms with E-state index >= 15 is 0 Å². The van der Waals surface area contributed by atoms with Crippen LogP contribution in [0.2, 0.25) is 0 Å². The molecular formula is C14H13F2NO2. The fraction of sp³-hybridized carbons (Fsp3) is 0.214. The first kappa shape index (κ1) is 13.3. The largest absolute Gasteiger partial charge is 0.467 e. The molecule has 0 saturated heterocycles. The van der Waals surface area contributed by atoms with E-state index < -0.39 is 17.5 Å². The van der Waals surface area contributed by atoms with E-state index in [9.17, 15) is 13.6 Å². The molecular weight excluding hydrogens is 252 g/mol. The first-order chi connectivity index (χ1) is 9.13. The van der Waals surface area contributed by atoms with E-state index in [2.05, 4.69) is 0 Å². The van der Waals surface area contributed by atoms with Crippen LogP contribution in [0.3, 0.4) is 0 Å². The Morgan fingerprint density at radius 3 is 2.68 bits per heavy atom. The van der Waals surface area contributed by atoms with Crippen LogP contribution in [0.25, 0.3) is 0 Å². The number of benzene rings is 1. The lowest BCUT2D eigenvalue weighted by atomic mass is 10.1. The van der Waals surface area contributed by atoms with Crippen molar-refractivity contribution in [2.24, 2.45) is 0 Å². The van der Waals surface area contributed by atoms with Crippen LogP contribution < -0.4 is 0 Å². The zero-order chi connectivity index (χ0) is 13.8. The molecule has 3 nitrogen and oxygen atoms in total. The Hall–Kier alpha value is -2.17. The minimum atomic E-state index is -1.12. The van der Waals surface area contributed by atoms with Crippen molar-refractivity contribution in [2.75, 3.05) is 6.54 Å². The van der Waals surface area contributed by atoms with Gasteiger partial charge in [0, 0.05) is 6.54 Å². The lowest BCUT2D eigenvalue weighted by Crippen LogP contribution is -2.31. The Morgan fingerprint density at radius 1 is 1.26 bits per heavy atom. The van der Waals surface area contributed by atoms with E-state index in [1.54, 1.807) is 19.1 Å². The van der Waals surface area contributed by atoms with Crippen molar-refractivity contribution in [3.8, 4) is 0 Å². The molecule has 2 rings (SSSR count). The van der Waals surface area contributed by atoms with Crippen LogP contribution in [0.1, 0.15) is 23.0 Å². The number of carbonyl (C=O) groups is 1. The molecule has 1 heterocycles. The van der Waals surface area contributed by atoms with Crippen molar-refractivity contribution in [2.45, 2.75) is 13.5 Å². The second-order valence-corrected chi connectivity index (χ2v) is 4.00. The fourth-order valence-electron chi connectivity index (χ4n) is 1.76. The summed E-state index contributed by atoms with van der Waals surface area (Å²) in [6.45, 7) is 2.35. The molecule has 0 saturated carbocycles. The Kier molecular flexibility index (Phi) is 3.94. The number of halogens is 2. The molecule has 0 bridgehead atoms. The number of hydrogen-bond donors (Lipinski definition) is 0. The van der Waals surface area contributed by atoms with Crippen molar-refractivity contribution >= 4 is 5.91 Å². The van der Waals surface area contributed by atoms with Crippen LogP contribution in [-0.2, 0) is 6.54 Å². The highest BCUT2D eigenvalue weighted by atomic mass is 19.2. The fourth-order valence-corrected chi connectivity index (χ4v) is 1.76. The van der Waals surface area contributed by atoms with Crippen molar-refractivity contribution in [3.63, 3.8) is 0 Å². The highest BCUT2D eigenvalue weighted by molar-refractivity contribution is 5.94. The standard InChI is InChI=1S/C14H13F2NO2/c1-2-17(9-10-5-4-8-19-10)14(18)11-6-3-7-12(15)13(11)16/h3-8H,2,9H2,1H3. The molecule has 0 aliphatic heterocycles. The van der Waals surface area contributed by atoms with Crippen LogP contribution in [0, 0.1) is 11.6 Å². The summed E-state index contributed by atoms with van der Waals surface area (Å²) in [5.74, 6) is -2.12. The minimum Gasteiger partial charge on any atom is -0.467 e. The predicted molar refractivity (Wildman–Crippen MR) is 65.5 cm³/mol. The monoisotopic (exact) mass is 265 g/mol. The van der Waals surface area contributed by atoms with Crippen molar-refractivity contribution in [1.82, 2.24) is 4.90 Å². The lowest BCUT2D eigenvalue weighted by molar-refractivity contribution is 0.0735. The van der Waals surface area contributed by atoms with Gasteiger partial charge in [0.1, 0.15) is 5.76 Å². The number of carbonyl (C=O) groups excluding carboxylic acids is 1. The molecule has 0 spiro atoms. The van der Waals surface area contributed by atoms with Gasteiger partial charge in [0.25, 0.3) is 5.91 Å². The van der Waals surface area contributed by atoms with Crippen LogP contribution >= 0.6 is 0 Å². The molecule has 0 aliphatic carbocycles. The smallest absolute Gasteiger partial charge is 0.257 e. The molecule has 0 unspecified atom stereocenters. The highest BCUT2D eigenvalue weighted by Gasteiger charge is 2.20. The summed E-state index contributed by atoms with van der Waals surface area (Å²) in [5.41, 5.74) is -0.270. The van der Waals surface area contributed by atoms with Crippen LogP contribution in [0.4, 0.5) is 8.78 Å². The van der Waals surface area contributed by atoms with Gasteiger partial charge in [0.2, 0.25) is 0 Å².